The van der Waals surface area contributed by atoms with Crippen molar-refractivity contribution in [1.29, 1.82) is 0 Å². The SMILES string of the molecule is Cc1ccsc1C=NNc1ncc(C)c2sccc12. The van der Waals surface area contributed by atoms with Gasteiger partial charge in [0.2, 0.25) is 0 Å². The van der Waals surface area contributed by atoms with Crippen LogP contribution in [0.4, 0.5) is 5.82 Å². The van der Waals surface area contributed by atoms with E-state index in [1.54, 1.807) is 22.7 Å². The minimum atomic E-state index is 0.812. The normalized spacial score (nSPS) is 11.5. The molecule has 3 aromatic heterocycles. The van der Waals surface area contributed by atoms with E-state index in [4.69, 9.17) is 0 Å². The molecule has 0 radical (unpaired) electrons. The Morgan fingerprint density at radius 2 is 2.00 bits per heavy atom. The molecule has 3 nitrogen and oxygen atoms in total. The van der Waals surface area contributed by atoms with Crippen LogP contribution in [0, 0.1) is 13.8 Å². The van der Waals surface area contributed by atoms with E-state index in [1.165, 1.54) is 20.7 Å². The molecule has 5 heteroatoms. The van der Waals surface area contributed by atoms with E-state index in [2.05, 4.69) is 52.3 Å². The number of pyridine rings is 1. The van der Waals surface area contributed by atoms with Gasteiger partial charge >= 0.3 is 0 Å². The molecule has 3 aromatic rings. The number of hydrogen-bond acceptors (Lipinski definition) is 5. The van der Waals surface area contributed by atoms with E-state index < -0.39 is 0 Å². The highest BCUT2D eigenvalue weighted by atomic mass is 32.1. The molecular formula is C14H13N3S2. The molecule has 0 saturated carbocycles. The van der Waals surface area contributed by atoms with Crippen LogP contribution in [-0.4, -0.2) is 11.2 Å². The molecule has 0 unspecified atom stereocenters. The van der Waals surface area contributed by atoms with Crippen molar-refractivity contribution >= 4 is 44.8 Å². The van der Waals surface area contributed by atoms with Gasteiger partial charge < -0.3 is 0 Å². The van der Waals surface area contributed by atoms with Gasteiger partial charge in [-0.05, 0) is 47.9 Å². The fourth-order valence-corrected chi connectivity index (χ4v) is 3.51. The summed E-state index contributed by atoms with van der Waals surface area (Å²) in [7, 11) is 0. The molecule has 0 aliphatic rings. The van der Waals surface area contributed by atoms with Crippen molar-refractivity contribution in [3.8, 4) is 0 Å². The molecule has 3 rings (SSSR count). The van der Waals surface area contributed by atoms with Gasteiger partial charge in [-0.2, -0.15) is 5.10 Å². The van der Waals surface area contributed by atoms with Gasteiger partial charge in [0, 0.05) is 21.2 Å². The lowest BCUT2D eigenvalue weighted by Gasteiger charge is -2.02. The topological polar surface area (TPSA) is 37.3 Å². The number of rotatable bonds is 3. The summed E-state index contributed by atoms with van der Waals surface area (Å²) in [5.41, 5.74) is 5.48. The van der Waals surface area contributed by atoms with Crippen LogP contribution in [0.1, 0.15) is 16.0 Å². The fourth-order valence-electron chi connectivity index (χ4n) is 1.85. The predicted octanol–water partition coefficient (Wildman–Crippen LogP) is 4.42. The number of thiophene rings is 2. The molecule has 0 aromatic carbocycles. The van der Waals surface area contributed by atoms with E-state index in [9.17, 15) is 0 Å². The van der Waals surface area contributed by atoms with Crippen LogP contribution in [0.25, 0.3) is 10.1 Å². The lowest BCUT2D eigenvalue weighted by Crippen LogP contribution is -1.94. The molecule has 0 aliphatic heterocycles. The first kappa shape index (κ1) is 12.3. The van der Waals surface area contributed by atoms with E-state index >= 15 is 0 Å². The molecule has 19 heavy (non-hydrogen) atoms. The summed E-state index contributed by atoms with van der Waals surface area (Å²) in [6, 6.07) is 4.17. The number of aryl methyl sites for hydroxylation is 2. The highest BCUT2D eigenvalue weighted by Gasteiger charge is 2.05. The Morgan fingerprint density at radius 3 is 2.79 bits per heavy atom. The third kappa shape index (κ3) is 2.39. The summed E-state index contributed by atoms with van der Waals surface area (Å²) < 4.78 is 1.26. The zero-order valence-corrected chi connectivity index (χ0v) is 12.3. The molecule has 0 aliphatic carbocycles. The Hall–Kier alpha value is -1.72. The smallest absolute Gasteiger partial charge is 0.154 e. The van der Waals surface area contributed by atoms with Gasteiger partial charge in [0.05, 0.1) is 6.21 Å². The highest BCUT2D eigenvalue weighted by molar-refractivity contribution is 7.17. The average molecular weight is 287 g/mol. The Bertz CT molecular complexity index is 740. The summed E-state index contributed by atoms with van der Waals surface area (Å²) in [5, 5.41) is 9.56. The van der Waals surface area contributed by atoms with Crippen LogP contribution in [-0.2, 0) is 0 Å². The van der Waals surface area contributed by atoms with Crippen molar-refractivity contribution in [3.05, 3.63) is 45.1 Å². The number of anilines is 1. The maximum atomic E-state index is 4.41. The lowest BCUT2D eigenvalue weighted by atomic mass is 10.2. The largest absolute Gasteiger partial charge is 0.261 e. The van der Waals surface area contributed by atoms with E-state index in [0.29, 0.717) is 0 Å². The first-order valence-corrected chi connectivity index (χ1v) is 7.67. The summed E-state index contributed by atoms with van der Waals surface area (Å²) >= 11 is 3.42. The molecule has 0 atom stereocenters. The summed E-state index contributed by atoms with van der Waals surface area (Å²) in [6.45, 7) is 4.16. The maximum absolute atomic E-state index is 4.41. The van der Waals surface area contributed by atoms with Gasteiger partial charge in [0.25, 0.3) is 0 Å². The highest BCUT2D eigenvalue weighted by Crippen LogP contribution is 2.28. The van der Waals surface area contributed by atoms with Gasteiger partial charge in [-0.1, -0.05) is 0 Å². The van der Waals surface area contributed by atoms with Crippen LogP contribution in [0.5, 0.6) is 0 Å². The Morgan fingerprint density at radius 1 is 1.16 bits per heavy atom. The standard InChI is InChI=1S/C14H13N3S2/c1-9-3-5-18-12(9)8-16-17-14-11-4-6-19-13(11)10(2)7-15-14/h3-8H,1-2H3,(H,15,17). The molecule has 0 saturated heterocycles. The molecule has 0 spiro atoms. The number of fused-ring (bicyclic) bond motifs is 1. The first-order chi connectivity index (χ1) is 9.25. The van der Waals surface area contributed by atoms with Crippen molar-refractivity contribution < 1.29 is 0 Å². The summed E-state index contributed by atoms with van der Waals surface area (Å²) in [4.78, 5) is 5.57. The van der Waals surface area contributed by atoms with Crippen molar-refractivity contribution in [3.63, 3.8) is 0 Å². The third-order valence-corrected chi connectivity index (χ3v) is 4.92. The Labute approximate surface area is 119 Å². The Balaban J connectivity index is 1.86. The monoisotopic (exact) mass is 287 g/mol. The molecular weight excluding hydrogens is 274 g/mol. The maximum Gasteiger partial charge on any atom is 0.154 e. The fraction of sp³-hybridized carbons (Fsp3) is 0.143. The number of hydrazone groups is 1. The summed E-state index contributed by atoms with van der Waals surface area (Å²) in [6.07, 6.45) is 3.73. The molecule has 1 N–H and O–H groups in total. The van der Waals surface area contributed by atoms with Crippen molar-refractivity contribution in [1.82, 2.24) is 4.98 Å². The third-order valence-electron chi connectivity index (χ3n) is 2.92. The van der Waals surface area contributed by atoms with Crippen LogP contribution < -0.4 is 5.43 Å². The van der Waals surface area contributed by atoms with Crippen LogP contribution >= 0.6 is 22.7 Å². The molecule has 0 amide bonds. The van der Waals surface area contributed by atoms with Gasteiger partial charge in [0.1, 0.15) is 0 Å². The van der Waals surface area contributed by atoms with Gasteiger partial charge in [-0.3, -0.25) is 5.43 Å². The molecule has 0 fully saturated rings. The van der Waals surface area contributed by atoms with Crippen molar-refractivity contribution in [2.75, 3.05) is 5.43 Å². The van der Waals surface area contributed by atoms with Crippen LogP contribution in [0.3, 0.4) is 0 Å². The van der Waals surface area contributed by atoms with E-state index in [0.717, 1.165) is 11.2 Å². The van der Waals surface area contributed by atoms with E-state index in [-0.39, 0.29) is 0 Å². The number of hydrogen-bond donors (Lipinski definition) is 1. The van der Waals surface area contributed by atoms with Gasteiger partial charge in [-0.15, -0.1) is 22.7 Å². The number of nitrogens with zero attached hydrogens (tertiary/aromatic N) is 2. The Kier molecular flexibility index (Phi) is 3.31. The quantitative estimate of drug-likeness (QED) is 0.572. The second-order valence-electron chi connectivity index (χ2n) is 4.29. The molecule has 96 valence electrons. The predicted molar refractivity (Wildman–Crippen MR) is 84.6 cm³/mol. The minimum Gasteiger partial charge on any atom is -0.261 e. The summed E-state index contributed by atoms with van der Waals surface area (Å²) in [5.74, 6) is 0.812. The number of aromatic nitrogens is 1. The average Bonchev–Trinajstić information content (AvgIpc) is 3.02. The van der Waals surface area contributed by atoms with E-state index in [1.807, 2.05) is 12.4 Å². The lowest BCUT2D eigenvalue weighted by molar-refractivity contribution is 1.24. The van der Waals surface area contributed by atoms with Gasteiger partial charge in [0.15, 0.2) is 5.82 Å². The van der Waals surface area contributed by atoms with Crippen LogP contribution in [0.15, 0.2) is 34.2 Å². The molecule has 0 bridgehead atoms. The van der Waals surface area contributed by atoms with Crippen molar-refractivity contribution in [2.24, 2.45) is 5.10 Å². The molecule has 3 heterocycles. The number of nitrogens with one attached hydrogen (secondary N) is 1. The minimum absolute atomic E-state index is 0.812. The first-order valence-electron chi connectivity index (χ1n) is 5.91. The zero-order valence-electron chi connectivity index (χ0n) is 10.7. The van der Waals surface area contributed by atoms with Gasteiger partial charge in [-0.25, -0.2) is 4.98 Å². The van der Waals surface area contributed by atoms with Crippen molar-refractivity contribution in [2.45, 2.75) is 13.8 Å². The second-order valence-corrected chi connectivity index (χ2v) is 6.15. The second kappa shape index (κ2) is 5.11. The zero-order chi connectivity index (χ0) is 13.2. The van der Waals surface area contributed by atoms with Crippen LogP contribution in [0.2, 0.25) is 0 Å².